The number of phenols is 1. The van der Waals surface area contributed by atoms with E-state index in [1.807, 2.05) is 45.0 Å². The van der Waals surface area contributed by atoms with Crippen molar-refractivity contribution in [1.29, 1.82) is 0 Å². The fourth-order valence-electron chi connectivity index (χ4n) is 6.22. The number of Topliss-reactive ketones (excluding diaryl/α,β-unsaturated/α-hetero) is 2. The van der Waals surface area contributed by atoms with Gasteiger partial charge in [-0.1, -0.05) is 18.2 Å². The van der Waals surface area contributed by atoms with Crippen LogP contribution in [0.4, 0.5) is 5.69 Å². The predicted molar refractivity (Wildman–Crippen MR) is 147 cm³/mol. The van der Waals surface area contributed by atoms with Gasteiger partial charge >= 0.3 is 0 Å². The zero-order chi connectivity index (χ0) is 29.1. The Labute approximate surface area is 231 Å². The molecule has 7 N–H and O–H groups in total. The number of nitrogens with zero attached hydrogens (tertiary/aromatic N) is 1. The topological polar surface area (TPSA) is 183 Å². The number of amides is 1. The Morgan fingerprint density at radius 3 is 2.40 bits per heavy atom. The lowest BCUT2D eigenvalue weighted by Gasteiger charge is -2.48. The van der Waals surface area contributed by atoms with E-state index < -0.39 is 52.7 Å². The summed E-state index contributed by atoms with van der Waals surface area (Å²) in [6.45, 7) is 6.07. The number of aromatic hydroxyl groups is 1. The maximum absolute atomic E-state index is 13.8. The number of aliphatic hydroxyl groups is 3. The molecule has 10 heteroatoms. The number of carbonyl (C=O) groups is 3. The van der Waals surface area contributed by atoms with Crippen LogP contribution in [0, 0.1) is 17.8 Å². The van der Waals surface area contributed by atoms with Gasteiger partial charge in [0.25, 0.3) is 0 Å². The van der Waals surface area contributed by atoms with Crippen molar-refractivity contribution in [3.8, 4) is 16.9 Å². The Bertz CT molecular complexity index is 1470. The molecule has 0 saturated heterocycles. The molecule has 0 aromatic heterocycles. The molecule has 210 valence electrons. The molecule has 2 aromatic rings. The van der Waals surface area contributed by atoms with Gasteiger partial charge in [0.15, 0.2) is 17.2 Å². The van der Waals surface area contributed by atoms with E-state index in [1.165, 1.54) is 6.07 Å². The summed E-state index contributed by atoms with van der Waals surface area (Å²) < 4.78 is 0. The van der Waals surface area contributed by atoms with E-state index in [4.69, 9.17) is 5.73 Å². The molecule has 5 rings (SSSR count). The monoisotopic (exact) mass is 547 g/mol. The van der Waals surface area contributed by atoms with Crippen molar-refractivity contribution in [2.75, 3.05) is 0 Å². The number of ketones is 2. The molecule has 1 saturated carbocycles. The number of hydrogen-bond donors (Lipinski definition) is 6. The number of primary amides is 1. The third kappa shape index (κ3) is 4.37. The molecule has 1 fully saturated rings. The summed E-state index contributed by atoms with van der Waals surface area (Å²) in [6.07, 6.45) is 0.438. The van der Waals surface area contributed by atoms with Gasteiger partial charge in [-0.3, -0.25) is 14.4 Å². The van der Waals surface area contributed by atoms with Crippen LogP contribution in [-0.4, -0.2) is 61.5 Å². The standard InChI is InChI=1S/C30H33N3O7/c1-29(2,3)33-13-32-17-6-4-14(5-7-17)18-8-9-20(34)23-19(18)11-15-10-16-12-21(35)24(28(31)39)27(38)30(16,40)26(37)22(15)25(23)36/h4-9,13,15-16,21,24,34-35,37,40H,10-12H2,1-3H3,(H2,31,39)(H,32,33)/t15-,16+,21?,24?,30+/m1/s1. The first-order valence-corrected chi connectivity index (χ1v) is 13.2. The van der Waals surface area contributed by atoms with Crippen molar-refractivity contribution in [2.24, 2.45) is 28.5 Å². The molecular formula is C30H33N3O7. The second-order valence-electron chi connectivity index (χ2n) is 11.9. The summed E-state index contributed by atoms with van der Waals surface area (Å²) in [5.74, 6) is -7.26. The fourth-order valence-corrected chi connectivity index (χ4v) is 6.22. The number of nitrogens with two attached hydrogens (primary N) is 1. The Hall–Kier alpha value is -4.02. The zero-order valence-corrected chi connectivity index (χ0v) is 22.5. The molecule has 0 heterocycles. The van der Waals surface area contributed by atoms with Gasteiger partial charge in [0.2, 0.25) is 5.91 Å². The summed E-state index contributed by atoms with van der Waals surface area (Å²) in [5.41, 5.74) is 5.30. The first kappa shape index (κ1) is 27.5. The normalized spacial score (nSPS) is 28.2. The largest absolute Gasteiger partial charge is 0.508 e. The Kier molecular flexibility index (Phi) is 6.59. The van der Waals surface area contributed by atoms with Crippen molar-refractivity contribution >= 4 is 29.5 Å². The van der Waals surface area contributed by atoms with Crippen LogP contribution in [-0.2, 0) is 16.0 Å². The van der Waals surface area contributed by atoms with Gasteiger partial charge in [-0.05, 0) is 80.8 Å². The van der Waals surface area contributed by atoms with Crippen LogP contribution in [0.1, 0.15) is 49.5 Å². The Morgan fingerprint density at radius 2 is 1.77 bits per heavy atom. The van der Waals surface area contributed by atoms with E-state index in [0.29, 0.717) is 5.56 Å². The van der Waals surface area contributed by atoms with Crippen LogP contribution in [0.15, 0.2) is 52.7 Å². The molecule has 3 aliphatic rings. The highest BCUT2D eigenvalue weighted by Gasteiger charge is 2.62. The molecule has 10 nitrogen and oxygen atoms in total. The van der Waals surface area contributed by atoms with Gasteiger partial charge in [0, 0.05) is 17.0 Å². The Balaban J connectivity index is 1.54. The first-order valence-electron chi connectivity index (χ1n) is 13.2. The zero-order valence-electron chi connectivity index (χ0n) is 22.5. The molecular weight excluding hydrogens is 514 g/mol. The number of allylic oxidation sites excluding steroid dienone is 1. The summed E-state index contributed by atoms with van der Waals surface area (Å²) >= 11 is 0. The minimum absolute atomic E-state index is 0.0106. The van der Waals surface area contributed by atoms with Crippen LogP contribution in [0.2, 0.25) is 0 Å². The number of aliphatic hydroxyl groups excluding tert-OH is 2. The second kappa shape index (κ2) is 9.57. The quantitative estimate of drug-likeness (QED) is 0.192. The molecule has 5 atom stereocenters. The van der Waals surface area contributed by atoms with Crippen molar-refractivity contribution in [2.45, 2.75) is 57.3 Å². The minimum Gasteiger partial charge on any atom is -0.508 e. The van der Waals surface area contributed by atoms with Gasteiger partial charge < -0.3 is 31.5 Å². The molecule has 0 radical (unpaired) electrons. The highest BCUT2D eigenvalue weighted by molar-refractivity contribution is 6.16. The molecule has 0 spiro atoms. The number of nitrogens with one attached hydrogen (secondary N) is 1. The number of aliphatic imine (C=N–C) groups is 1. The number of phenolic OH excluding ortho intramolecular Hbond substituents is 1. The highest BCUT2D eigenvalue weighted by Crippen LogP contribution is 2.52. The summed E-state index contributed by atoms with van der Waals surface area (Å²) in [4.78, 5) is 43.2. The van der Waals surface area contributed by atoms with Crippen molar-refractivity contribution < 1.29 is 34.8 Å². The van der Waals surface area contributed by atoms with Gasteiger partial charge in [0.1, 0.15) is 17.4 Å². The van der Waals surface area contributed by atoms with Gasteiger partial charge in [-0.2, -0.15) is 0 Å². The second-order valence-corrected chi connectivity index (χ2v) is 11.9. The third-order valence-corrected chi connectivity index (χ3v) is 8.16. The number of rotatable bonds is 4. The molecule has 3 aliphatic carbocycles. The van der Waals surface area contributed by atoms with Crippen molar-refractivity contribution in [3.05, 3.63) is 58.9 Å². The lowest BCUT2D eigenvalue weighted by Crippen LogP contribution is -2.63. The van der Waals surface area contributed by atoms with E-state index in [1.54, 1.807) is 12.4 Å². The number of hydrogen-bond acceptors (Lipinski definition) is 8. The summed E-state index contributed by atoms with van der Waals surface area (Å²) in [7, 11) is 0. The first-order chi connectivity index (χ1) is 18.7. The molecule has 1 amide bonds. The summed E-state index contributed by atoms with van der Waals surface area (Å²) in [5, 5.41) is 46.9. The van der Waals surface area contributed by atoms with Crippen molar-refractivity contribution in [1.82, 2.24) is 5.32 Å². The Morgan fingerprint density at radius 1 is 1.10 bits per heavy atom. The van der Waals surface area contributed by atoms with Crippen LogP contribution in [0.3, 0.4) is 0 Å². The maximum atomic E-state index is 13.8. The van der Waals surface area contributed by atoms with Crippen molar-refractivity contribution in [3.63, 3.8) is 0 Å². The lowest BCUT2D eigenvalue weighted by molar-refractivity contribution is -0.167. The van der Waals surface area contributed by atoms with E-state index in [2.05, 4.69) is 10.3 Å². The predicted octanol–water partition coefficient (Wildman–Crippen LogP) is 2.46. The smallest absolute Gasteiger partial charge is 0.230 e. The molecule has 2 aromatic carbocycles. The van der Waals surface area contributed by atoms with Gasteiger partial charge in [0.05, 0.1) is 23.7 Å². The van der Waals surface area contributed by atoms with Gasteiger partial charge in [-0.15, -0.1) is 0 Å². The molecule has 0 aliphatic heterocycles. The van der Waals surface area contributed by atoms with E-state index in [0.717, 1.165) is 16.8 Å². The van der Waals surface area contributed by atoms with Crippen LogP contribution in [0.5, 0.6) is 5.75 Å². The molecule has 0 bridgehead atoms. The lowest BCUT2D eigenvalue weighted by atomic mass is 9.57. The average molecular weight is 548 g/mol. The van der Waals surface area contributed by atoms with Crippen LogP contribution < -0.4 is 11.1 Å². The number of fused-ring (bicyclic) bond motifs is 3. The SMILES string of the molecule is CC(C)(C)N/C=N\c1ccc(-c2ccc(O)c3c2C[C@H]2C[C@H]4CC(O)C(C(N)=O)C(=O)[C@@]4(O)C(O)=C2C3=O)cc1. The van der Waals surface area contributed by atoms with E-state index >= 15 is 0 Å². The van der Waals surface area contributed by atoms with Gasteiger partial charge in [-0.25, -0.2) is 4.99 Å². The minimum atomic E-state index is -2.52. The average Bonchev–Trinajstić information content (AvgIpc) is 2.86. The highest BCUT2D eigenvalue weighted by atomic mass is 16.3. The molecule has 2 unspecified atom stereocenters. The van der Waals surface area contributed by atoms with Crippen LogP contribution in [0.25, 0.3) is 11.1 Å². The van der Waals surface area contributed by atoms with Crippen LogP contribution >= 0.6 is 0 Å². The van der Waals surface area contributed by atoms with E-state index in [-0.39, 0.29) is 41.7 Å². The van der Waals surface area contributed by atoms with E-state index in [9.17, 15) is 34.8 Å². The number of benzene rings is 2. The fraction of sp³-hybridized carbons (Fsp3) is 0.400. The number of carbonyl (C=O) groups excluding carboxylic acids is 3. The maximum Gasteiger partial charge on any atom is 0.230 e. The summed E-state index contributed by atoms with van der Waals surface area (Å²) in [6, 6.07) is 10.5. The molecule has 40 heavy (non-hydrogen) atoms. The third-order valence-electron chi connectivity index (χ3n) is 8.16.